The SMILES string of the molecule is CC(C)c1ccc(OCCc2ccccc2)c(/C([S-])=C(/[S-])c2ccccc2)c1.CCC(C)c1ccc(OCCc2ccccc2)c(/C([S-])=C(/[S-])c2ccccc2)c1.[Ni]. The molecule has 0 N–H and O–H groups in total. The van der Waals surface area contributed by atoms with Crippen molar-refractivity contribution in [1.29, 1.82) is 0 Å². The predicted molar refractivity (Wildman–Crippen MR) is 253 cm³/mol. The summed E-state index contributed by atoms with van der Waals surface area (Å²) in [6.45, 7) is 9.97. The molecule has 0 aliphatic rings. The molecule has 0 aromatic heterocycles. The van der Waals surface area contributed by atoms with Gasteiger partial charge in [0.05, 0.1) is 13.2 Å². The zero-order chi connectivity index (χ0) is 40.6. The monoisotopic (exact) mass is 880 g/mol. The molecule has 0 bridgehead atoms. The zero-order valence-electron chi connectivity index (χ0n) is 33.5. The normalized spacial score (nSPS) is 12.2. The standard InChI is InChI=1S/C26H28OS2.C25H26OS2.Ni/c1-3-19(2)22-14-15-24(27-17-16-20-10-6-4-7-11-20)23(18-22)26(29)25(28)21-12-8-5-9-13-21;1-18(2)21-13-14-23(26-16-15-19-9-5-3-6-10-19)22(17-21)25(28)24(27)20-11-7-4-8-12-20;/h4-15,18-19,28-29H,3,16-17H2,1-2H3;3-14,17-18,27-28H,15-16H2,1-2H3;/p-4/b26-25-;25-24-;. The molecule has 0 saturated heterocycles. The Morgan fingerprint density at radius 3 is 1.21 bits per heavy atom. The van der Waals surface area contributed by atoms with Crippen molar-refractivity contribution in [3.63, 3.8) is 0 Å². The van der Waals surface area contributed by atoms with E-state index in [0.29, 0.717) is 44.7 Å². The quantitative estimate of drug-likeness (QED) is 0.0577. The van der Waals surface area contributed by atoms with Gasteiger partial charge in [-0.3, -0.25) is 0 Å². The van der Waals surface area contributed by atoms with Crippen LogP contribution in [0.15, 0.2) is 158 Å². The predicted octanol–water partition coefficient (Wildman–Crippen LogP) is 13.1. The maximum absolute atomic E-state index is 6.17. The minimum atomic E-state index is 0. The van der Waals surface area contributed by atoms with E-state index in [1.165, 1.54) is 22.3 Å². The topological polar surface area (TPSA) is 18.5 Å². The van der Waals surface area contributed by atoms with Crippen LogP contribution in [-0.4, -0.2) is 13.2 Å². The van der Waals surface area contributed by atoms with Crippen molar-refractivity contribution in [2.75, 3.05) is 13.2 Å². The maximum Gasteiger partial charge on any atom is 0.124 e. The van der Waals surface area contributed by atoms with E-state index in [9.17, 15) is 0 Å². The number of rotatable bonds is 15. The third-order valence-corrected chi connectivity index (χ3v) is 11.8. The number of hydrogen-bond donors (Lipinski definition) is 0. The van der Waals surface area contributed by atoms with Gasteiger partial charge in [0.15, 0.2) is 0 Å². The summed E-state index contributed by atoms with van der Waals surface area (Å²) in [6, 6.07) is 53.2. The van der Waals surface area contributed by atoms with Gasteiger partial charge in [0, 0.05) is 29.3 Å². The van der Waals surface area contributed by atoms with E-state index < -0.39 is 0 Å². The van der Waals surface area contributed by atoms with Crippen LogP contribution in [0, 0.1) is 0 Å². The van der Waals surface area contributed by atoms with Crippen LogP contribution in [0.2, 0.25) is 0 Å². The second-order valence-electron chi connectivity index (χ2n) is 14.2. The first-order chi connectivity index (χ1) is 27.7. The van der Waals surface area contributed by atoms with Crippen LogP contribution in [0.3, 0.4) is 0 Å². The van der Waals surface area contributed by atoms with Crippen molar-refractivity contribution in [1.82, 2.24) is 0 Å². The van der Waals surface area contributed by atoms with Crippen LogP contribution in [-0.2, 0) is 79.8 Å². The molecule has 0 amide bonds. The van der Waals surface area contributed by atoms with Gasteiger partial charge in [-0.05, 0) is 87.0 Å². The molecule has 1 atom stereocenters. The number of hydrogen-bond acceptors (Lipinski definition) is 6. The molecule has 0 saturated carbocycles. The Morgan fingerprint density at radius 1 is 0.466 bits per heavy atom. The molecule has 304 valence electrons. The summed E-state index contributed by atoms with van der Waals surface area (Å²) in [4.78, 5) is 2.71. The first kappa shape index (κ1) is 46.5. The van der Waals surface area contributed by atoms with Gasteiger partial charge in [-0.1, -0.05) is 161 Å². The second-order valence-corrected chi connectivity index (χ2v) is 15.8. The van der Waals surface area contributed by atoms with Crippen LogP contribution in [0.5, 0.6) is 11.5 Å². The van der Waals surface area contributed by atoms with E-state index in [1.54, 1.807) is 0 Å². The van der Waals surface area contributed by atoms with E-state index in [1.807, 2.05) is 97.1 Å². The minimum Gasteiger partial charge on any atom is -0.780 e. The molecule has 58 heavy (non-hydrogen) atoms. The smallest absolute Gasteiger partial charge is 0.124 e. The Labute approximate surface area is 379 Å². The van der Waals surface area contributed by atoms with Gasteiger partial charge in [0.25, 0.3) is 0 Å². The summed E-state index contributed by atoms with van der Waals surface area (Å²) in [5.74, 6) is 2.46. The maximum atomic E-state index is 6.17. The second kappa shape index (κ2) is 24.0. The molecule has 0 heterocycles. The molecule has 1 unspecified atom stereocenters. The average Bonchev–Trinajstić information content (AvgIpc) is 3.26. The van der Waals surface area contributed by atoms with Crippen LogP contribution in [0.4, 0.5) is 0 Å². The fourth-order valence-corrected chi connectivity index (χ4v) is 7.18. The first-order valence-electron chi connectivity index (χ1n) is 19.6. The molecule has 0 radical (unpaired) electrons. The largest absolute Gasteiger partial charge is 0.780 e. The summed E-state index contributed by atoms with van der Waals surface area (Å²) in [7, 11) is 0. The van der Waals surface area contributed by atoms with Crippen molar-refractivity contribution in [3.05, 3.63) is 202 Å². The van der Waals surface area contributed by atoms with Gasteiger partial charge in [-0.15, -0.1) is 0 Å². The van der Waals surface area contributed by atoms with Crippen molar-refractivity contribution in [2.45, 2.75) is 58.8 Å². The number of benzene rings is 6. The van der Waals surface area contributed by atoms with Crippen molar-refractivity contribution in [3.8, 4) is 11.5 Å². The fourth-order valence-electron chi connectivity index (χ4n) is 6.14. The Morgan fingerprint density at radius 2 is 0.828 bits per heavy atom. The van der Waals surface area contributed by atoms with Crippen LogP contribution >= 0.6 is 0 Å². The average molecular weight is 882 g/mol. The fraction of sp³-hybridized carbons (Fsp3) is 0.216. The summed E-state index contributed by atoms with van der Waals surface area (Å²) in [5, 5.41) is 0. The molecule has 0 fully saturated rings. The molecule has 0 aliphatic carbocycles. The molecular formula is C51H50NiO2S4-4. The zero-order valence-corrected chi connectivity index (χ0v) is 37.7. The van der Waals surface area contributed by atoms with Gasteiger partial charge in [0.2, 0.25) is 0 Å². The summed E-state index contributed by atoms with van der Waals surface area (Å²) in [5.41, 5.74) is 8.75. The molecular weight excluding hydrogens is 832 g/mol. The van der Waals surface area contributed by atoms with E-state index in [2.05, 4.69) is 88.4 Å². The summed E-state index contributed by atoms with van der Waals surface area (Å²) < 4.78 is 12.3. The van der Waals surface area contributed by atoms with Crippen LogP contribution in [0.1, 0.15) is 90.5 Å². The molecule has 6 aromatic rings. The van der Waals surface area contributed by atoms with Crippen molar-refractivity contribution < 1.29 is 26.0 Å². The van der Waals surface area contributed by atoms with Crippen molar-refractivity contribution in [2.24, 2.45) is 0 Å². The molecule has 7 heteroatoms. The third kappa shape index (κ3) is 13.4. The number of ether oxygens (including phenoxy) is 2. The molecule has 2 nitrogen and oxygen atoms in total. The first-order valence-corrected chi connectivity index (χ1v) is 21.2. The molecule has 6 rings (SSSR count). The van der Waals surface area contributed by atoms with E-state index >= 15 is 0 Å². The summed E-state index contributed by atoms with van der Waals surface area (Å²) in [6.07, 6.45) is 2.77. The van der Waals surface area contributed by atoms with Gasteiger partial charge < -0.3 is 60.0 Å². The molecule has 0 spiro atoms. The van der Waals surface area contributed by atoms with Gasteiger partial charge in [-0.2, -0.15) is 19.6 Å². The Balaban J connectivity index is 0.000000252. The third-order valence-electron chi connectivity index (χ3n) is 9.81. The summed E-state index contributed by atoms with van der Waals surface area (Å²) >= 11 is 23.0. The molecule has 6 aromatic carbocycles. The minimum absolute atomic E-state index is 0. The van der Waals surface area contributed by atoms with E-state index in [0.717, 1.165) is 53.0 Å². The van der Waals surface area contributed by atoms with Gasteiger partial charge in [-0.25, -0.2) is 0 Å². The van der Waals surface area contributed by atoms with Crippen LogP contribution < -0.4 is 9.47 Å². The van der Waals surface area contributed by atoms with Crippen molar-refractivity contribution >= 4 is 70.1 Å². The van der Waals surface area contributed by atoms with E-state index in [4.69, 9.17) is 60.0 Å². The van der Waals surface area contributed by atoms with E-state index in [-0.39, 0.29) is 16.5 Å². The Bertz CT molecular complexity index is 2210. The molecule has 0 aliphatic heterocycles. The van der Waals surface area contributed by atoms with Crippen LogP contribution in [0.25, 0.3) is 19.6 Å². The van der Waals surface area contributed by atoms with Gasteiger partial charge in [0.1, 0.15) is 11.5 Å². The van der Waals surface area contributed by atoms with Gasteiger partial charge >= 0.3 is 0 Å². The Hall–Kier alpha value is -4.23. The Kier molecular flexibility index (Phi) is 19.2.